The molecular weight excluding hydrogens is 222 g/mol. The van der Waals surface area contributed by atoms with Crippen LogP contribution in [0.25, 0.3) is 0 Å². The number of nitrogens with zero attached hydrogens (tertiary/aromatic N) is 1. The molecule has 1 atom stereocenters. The Morgan fingerprint density at radius 2 is 2.12 bits per heavy atom. The molecule has 17 heavy (non-hydrogen) atoms. The van der Waals surface area contributed by atoms with Crippen molar-refractivity contribution < 1.29 is 19.1 Å². The average molecular weight is 239 g/mol. The molecule has 5 heteroatoms. The second-order valence-corrected chi connectivity index (χ2v) is 4.01. The van der Waals surface area contributed by atoms with E-state index in [0.29, 0.717) is 5.76 Å². The molecule has 1 amide bonds. The van der Waals surface area contributed by atoms with Crippen LogP contribution >= 0.6 is 0 Å². The Balaban J connectivity index is 2.66. The van der Waals surface area contributed by atoms with Crippen molar-refractivity contribution in [2.24, 2.45) is 5.92 Å². The molecule has 0 aliphatic heterocycles. The zero-order valence-electron chi connectivity index (χ0n) is 10.3. The van der Waals surface area contributed by atoms with E-state index in [1.807, 2.05) is 13.0 Å². The molecule has 0 saturated carbocycles. The van der Waals surface area contributed by atoms with E-state index in [1.165, 1.54) is 4.90 Å². The molecule has 0 aliphatic carbocycles. The van der Waals surface area contributed by atoms with Crippen LogP contribution in [0, 0.1) is 12.8 Å². The highest BCUT2D eigenvalue weighted by molar-refractivity contribution is 5.96. The van der Waals surface area contributed by atoms with E-state index in [9.17, 15) is 9.59 Å². The number of hydrogen-bond acceptors (Lipinski definition) is 3. The van der Waals surface area contributed by atoms with Gasteiger partial charge in [0.15, 0.2) is 0 Å². The molecule has 5 nitrogen and oxygen atoms in total. The quantitative estimate of drug-likeness (QED) is 0.793. The van der Waals surface area contributed by atoms with E-state index in [-0.39, 0.29) is 13.0 Å². The van der Waals surface area contributed by atoms with E-state index in [4.69, 9.17) is 9.52 Å². The van der Waals surface area contributed by atoms with E-state index in [0.717, 1.165) is 5.76 Å². The van der Waals surface area contributed by atoms with Gasteiger partial charge in [0.1, 0.15) is 17.4 Å². The largest absolute Gasteiger partial charge is 0.481 e. The maximum Gasteiger partial charge on any atom is 0.316 e. The number of carbonyl (C=O) groups excluding carboxylic acids is 1. The summed E-state index contributed by atoms with van der Waals surface area (Å²) in [4.78, 5) is 24.1. The number of amides is 1. The topological polar surface area (TPSA) is 70.8 Å². The molecule has 1 aromatic heterocycles. The fourth-order valence-corrected chi connectivity index (χ4v) is 1.60. The van der Waals surface area contributed by atoms with Gasteiger partial charge >= 0.3 is 5.97 Å². The first-order valence-corrected chi connectivity index (χ1v) is 5.48. The maximum atomic E-state index is 11.8. The minimum absolute atomic E-state index is 0.287. The normalized spacial score (nSPS) is 12.2. The summed E-state index contributed by atoms with van der Waals surface area (Å²) in [5.41, 5.74) is 0. The van der Waals surface area contributed by atoms with Gasteiger partial charge in [0, 0.05) is 7.05 Å². The van der Waals surface area contributed by atoms with Crippen LogP contribution in [0.5, 0.6) is 0 Å². The smallest absolute Gasteiger partial charge is 0.316 e. The highest BCUT2D eigenvalue weighted by atomic mass is 16.4. The lowest BCUT2D eigenvalue weighted by atomic mass is 10.1. The van der Waals surface area contributed by atoms with Gasteiger partial charge in [-0.2, -0.15) is 0 Å². The fourth-order valence-electron chi connectivity index (χ4n) is 1.60. The average Bonchev–Trinajstić information content (AvgIpc) is 2.64. The summed E-state index contributed by atoms with van der Waals surface area (Å²) in [6.45, 7) is 3.79. The molecule has 1 rings (SSSR count). The number of aliphatic carboxylic acids is 1. The van der Waals surface area contributed by atoms with E-state index < -0.39 is 17.8 Å². The number of aryl methyl sites for hydroxylation is 1. The number of carbonyl (C=O) groups is 2. The summed E-state index contributed by atoms with van der Waals surface area (Å²) in [6, 6.07) is 3.59. The van der Waals surface area contributed by atoms with E-state index in [1.54, 1.807) is 20.0 Å². The molecule has 94 valence electrons. The summed E-state index contributed by atoms with van der Waals surface area (Å²) in [5.74, 6) is -1.03. The van der Waals surface area contributed by atoms with Crippen molar-refractivity contribution in [3.63, 3.8) is 0 Å². The van der Waals surface area contributed by atoms with Gasteiger partial charge in [-0.15, -0.1) is 0 Å². The highest BCUT2D eigenvalue weighted by Crippen LogP contribution is 2.12. The van der Waals surface area contributed by atoms with Gasteiger partial charge < -0.3 is 14.4 Å². The van der Waals surface area contributed by atoms with Crippen LogP contribution < -0.4 is 0 Å². The standard InChI is InChI=1S/C12H17NO4/c1-4-10(12(15)16)11(14)13(3)7-9-6-5-8(2)17-9/h5-6,10H,4,7H2,1-3H3,(H,15,16). The predicted octanol–water partition coefficient (Wildman–Crippen LogP) is 1.66. The molecule has 1 aromatic rings. The van der Waals surface area contributed by atoms with Gasteiger partial charge in [-0.3, -0.25) is 9.59 Å². The molecule has 1 N–H and O–H groups in total. The van der Waals surface area contributed by atoms with Crippen LogP contribution in [0.3, 0.4) is 0 Å². The Morgan fingerprint density at radius 1 is 1.47 bits per heavy atom. The molecule has 1 heterocycles. The van der Waals surface area contributed by atoms with Crippen LogP contribution in [0.2, 0.25) is 0 Å². The van der Waals surface area contributed by atoms with Crippen LogP contribution in [0.1, 0.15) is 24.9 Å². The molecule has 0 spiro atoms. The van der Waals surface area contributed by atoms with E-state index in [2.05, 4.69) is 0 Å². The predicted molar refractivity (Wildman–Crippen MR) is 61.3 cm³/mol. The van der Waals surface area contributed by atoms with Gasteiger partial charge in [0.2, 0.25) is 5.91 Å². The van der Waals surface area contributed by atoms with Crippen LogP contribution in [-0.4, -0.2) is 28.9 Å². The summed E-state index contributed by atoms with van der Waals surface area (Å²) in [5, 5.41) is 8.89. The Bertz CT molecular complexity index is 410. The molecule has 0 bridgehead atoms. The Morgan fingerprint density at radius 3 is 2.53 bits per heavy atom. The summed E-state index contributed by atoms with van der Waals surface area (Å²) >= 11 is 0. The lowest BCUT2D eigenvalue weighted by molar-refractivity contribution is -0.151. The zero-order valence-corrected chi connectivity index (χ0v) is 10.3. The van der Waals surface area contributed by atoms with Crippen molar-refractivity contribution in [2.45, 2.75) is 26.8 Å². The number of furan rings is 1. The third-order valence-corrected chi connectivity index (χ3v) is 2.57. The highest BCUT2D eigenvalue weighted by Gasteiger charge is 2.27. The Hall–Kier alpha value is -1.78. The fraction of sp³-hybridized carbons (Fsp3) is 0.500. The second kappa shape index (κ2) is 5.52. The summed E-state index contributed by atoms with van der Waals surface area (Å²) < 4.78 is 5.34. The number of rotatable bonds is 5. The molecule has 0 fully saturated rings. The zero-order chi connectivity index (χ0) is 13.0. The molecule has 0 aromatic carbocycles. The first-order valence-electron chi connectivity index (χ1n) is 5.48. The minimum Gasteiger partial charge on any atom is -0.481 e. The molecular formula is C12H17NO4. The van der Waals surface area contributed by atoms with Crippen LogP contribution in [0.4, 0.5) is 0 Å². The van der Waals surface area contributed by atoms with Gasteiger partial charge in [-0.25, -0.2) is 0 Å². The summed E-state index contributed by atoms with van der Waals surface area (Å²) in [6.07, 6.45) is 0.287. The first kappa shape index (κ1) is 13.3. The Kier molecular flexibility index (Phi) is 4.31. The van der Waals surface area contributed by atoms with Gasteiger partial charge in [0.05, 0.1) is 6.54 Å². The molecule has 0 aliphatic rings. The minimum atomic E-state index is -1.08. The van der Waals surface area contributed by atoms with Gasteiger partial charge in [-0.1, -0.05) is 6.92 Å². The third kappa shape index (κ3) is 3.34. The van der Waals surface area contributed by atoms with Crippen molar-refractivity contribution in [1.82, 2.24) is 4.90 Å². The van der Waals surface area contributed by atoms with Crippen LogP contribution in [0.15, 0.2) is 16.5 Å². The van der Waals surface area contributed by atoms with Gasteiger partial charge in [0.25, 0.3) is 0 Å². The van der Waals surface area contributed by atoms with Crippen molar-refractivity contribution >= 4 is 11.9 Å². The number of carboxylic acid groups (broad SMARTS) is 1. The molecule has 0 saturated heterocycles. The number of carboxylic acids is 1. The van der Waals surface area contributed by atoms with Crippen molar-refractivity contribution in [3.8, 4) is 0 Å². The second-order valence-electron chi connectivity index (χ2n) is 4.01. The van der Waals surface area contributed by atoms with Crippen LogP contribution in [-0.2, 0) is 16.1 Å². The van der Waals surface area contributed by atoms with Crippen molar-refractivity contribution in [3.05, 3.63) is 23.7 Å². The lowest BCUT2D eigenvalue weighted by Crippen LogP contribution is -2.36. The number of hydrogen-bond donors (Lipinski definition) is 1. The maximum absolute atomic E-state index is 11.8. The van der Waals surface area contributed by atoms with E-state index >= 15 is 0 Å². The van der Waals surface area contributed by atoms with Gasteiger partial charge in [-0.05, 0) is 25.5 Å². The van der Waals surface area contributed by atoms with Crippen molar-refractivity contribution in [1.29, 1.82) is 0 Å². The lowest BCUT2D eigenvalue weighted by Gasteiger charge is -2.19. The monoisotopic (exact) mass is 239 g/mol. The Labute approximate surface area is 100 Å². The van der Waals surface area contributed by atoms with Crippen molar-refractivity contribution in [2.75, 3.05) is 7.05 Å². The molecule has 1 unspecified atom stereocenters. The first-order chi connectivity index (χ1) is 7.95. The molecule has 0 radical (unpaired) electrons. The summed E-state index contributed by atoms with van der Waals surface area (Å²) in [7, 11) is 1.58. The third-order valence-electron chi connectivity index (χ3n) is 2.57. The SMILES string of the molecule is CCC(C(=O)O)C(=O)N(C)Cc1ccc(C)o1.